The molecular weight excluding hydrogens is 556 g/mol. The third-order valence-corrected chi connectivity index (χ3v) is 7.44. The minimum atomic E-state index is -3.75. The highest BCUT2D eigenvalue weighted by Crippen LogP contribution is 2.39. The van der Waals surface area contributed by atoms with Gasteiger partial charge in [0.2, 0.25) is 15.9 Å². The van der Waals surface area contributed by atoms with Crippen LogP contribution in [-0.2, 0) is 28.0 Å². The van der Waals surface area contributed by atoms with Gasteiger partial charge in [0, 0.05) is 17.8 Å². The molecule has 1 aliphatic heterocycles. The van der Waals surface area contributed by atoms with Crippen LogP contribution >= 0.6 is 11.6 Å². The summed E-state index contributed by atoms with van der Waals surface area (Å²) in [6.45, 7) is 2.48. The van der Waals surface area contributed by atoms with E-state index >= 15 is 0 Å². The van der Waals surface area contributed by atoms with Crippen molar-refractivity contribution in [2.24, 2.45) is 0 Å². The highest BCUT2D eigenvalue weighted by Gasteiger charge is 2.36. The van der Waals surface area contributed by atoms with Crippen LogP contribution in [0.5, 0.6) is 5.75 Å². The Morgan fingerprint density at radius 2 is 1.85 bits per heavy atom. The molecule has 0 aliphatic carbocycles. The van der Waals surface area contributed by atoms with Gasteiger partial charge in [-0.2, -0.15) is 0 Å². The fraction of sp³-hybridized carbons (Fsp3) is 0.308. The number of carbonyl (C=O) groups is 1. The molecule has 208 valence electrons. The number of nitrogens with zero attached hydrogens (tertiary/aromatic N) is 3. The summed E-state index contributed by atoms with van der Waals surface area (Å²) in [6.07, 6.45) is 2.24. The van der Waals surface area contributed by atoms with Gasteiger partial charge >= 0.3 is 0 Å². The van der Waals surface area contributed by atoms with Crippen LogP contribution in [0.3, 0.4) is 0 Å². The smallest absolute Gasteiger partial charge is 0.273 e. The molecule has 3 aromatic rings. The molecule has 0 bridgehead atoms. The van der Waals surface area contributed by atoms with Crippen molar-refractivity contribution in [3.05, 3.63) is 86.8 Å². The average molecular weight is 582 g/mol. The molecule has 0 atom stereocenters. The lowest BCUT2D eigenvalue weighted by molar-refractivity contribution is -0.122. The Bertz CT molecular complexity index is 1600. The molecule has 1 N–H and O–H groups in total. The van der Waals surface area contributed by atoms with Crippen molar-refractivity contribution in [2.75, 3.05) is 22.1 Å². The van der Waals surface area contributed by atoms with E-state index in [9.17, 15) is 31.9 Å². The van der Waals surface area contributed by atoms with Crippen molar-refractivity contribution >= 4 is 38.9 Å². The van der Waals surface area contributed by atoms with Crippen molar-refractivity contribution in [1.29, 1.82) is 0 Å². The minimum absolute atomic E-state index is 0.0137. The molecule has 13 heteroatoms. The van der Waals surface area contributed by atoms with Crippen molar-refractivity contribution < 1.29 is 31.8 Å². The maximum absolute atomic E-state index is 13.9. The number of ether oxygens (including phenoxy) is 1. The monoisotopic (exact) mass is 581 g/mol. The number of aromatic nitrogens is 1. The number of carbonyl (C=O) groups excluding carboxylic acids is 1. The Morgan fingerprint density at radius 3 is 2.49 bits per heavy atom. The summed E-state index contributed by atoms with van der Waals surface area (Å²) in [4.78, 5) is 27.0. The normalized spacial score (nSPS) is 13.5. The summed E-state index contributed by atoms with van der Waals surface area (Å²) in [5.74, 6) is -1.95. The minimum Gasteiger partial charge on any atom is -0.487 e. The molecule has 0 unspecified atom stereocenters. The number of pyridine rings is 1. The van der Waals surface area contributed by atoms with E-state index in [2.05, 4.69) is 0 Å². The molecule has 0 spiro atoms. The number of hydrogen-bond acceptors (Lipinski definition) is 6. The predicted octanol–water partition coefficient (Wildman–Crippen LogP) is 3.64. The Hall–Kier alpha value is -3.48. The molecule has 0 radical (unpaired) electrons. The molecule has 2 heterocycles. The summed E-state index contributed by atoms with van der Waals surface area (Å²) in [5, 5.41) is 9.80. The van der Waals surface area contributed by atoms with Gasteiger partial charge < -0.3 is 14.4 Å². The predicted molar refractivity (Wildman–Crippen MR) is 143 cm³/mol. The van der Waals surface area contributed by atoms with E-state index in [-0.39, 0.29) is 48.3 Å². The van der Waals surface area contributed by atoms with E-state index in [0.29, 0.717) is 11.3 Å². The lowest BCUT2D eigenvalue weighted by Gasteiger charge is -2.22. The molecule has 0 saturated heterocycles. The number of hydrogen-bond donors (Lipinski definition) is 1. The summed E-state index contributed by atoms with van der Waals surface area (Å²) in [7, 11) is -3.75. The van der Waals surface area contributed by atoms with Crippen LogP contribution in [0.4, 0.5) is 20.2 Å². The quantitative estimate of drug-likeness (QED) is 0.435. The highest BCUT2D eigenvalue weighted by atomic mass is 35.5. The summed E-state index contributed by atoms with van der Waals surface area (Å²) < 4.78 is 59.8. The van der Waals surface area contributed by atoms with Crippen molar-refractivity contribution in [2.45, 2.75) is 39.0 Å². The number of rotatable bonds is 8. The molecule has 2 aromatic carbocycles. The van der Waals surface area contributed by atoms with Crippen LogP contribution in [0.1, 0.15) is 31.4 Å². The number of sulfonamides is 1. The van der Waals surface area contributed by atoms with Gasteiger partial charge in [0.1, 0.15) is 35.7 Å². The van der Waals surface area contributed by atoms with E-state index in [0.717, 1.165) is 22.7 Å². The molecule has 0 fully saturated rings. The van der Waals surface area contributed by atoms with Crippen LogP contribution in [0.2, 0.25) is 5.02 Å². The molecule has 0 saturated carbocycles. The molecule has 9 nitrogen and oxygen atoms in total. The van der Waals surface area contributed by atoms with Crippen LogP contribution in [-0.4, -0.2) is 42.5 Å². The van der Waals surface area contributed by atoms with E-state index in [1.807, 2.05) is 0 Å². The van der Waals surface area contributed by atoms with Gasteiger partial charge in [0.25, 0.3) is 5.56 Å². The number of amides is 1. The molecule has 1 aliphatic rings. The third kappa shape index (κ3) is 6.40. The van der Waals surface area contributed by atoms with Gasteiger partial charge in [-0.1, -0.05) is 17.7 Å². The van der Waals surface area contributed by atoms with Gasteiger partial charge in [-0.3, -0.25) is 14.5 Å². The van der Waals surface area contributed by atoms with Crippen LogP contribution in [0.15, 0.2) is 53.5 Å². The zero-order chi connectivity index (χ0) is 28.7. The summed E-state index contributed by atoms with van der Waals surface area (Å²) >= 11 is 6.22. The first-order chi connectivity index (χ1) is 18.1. The summed E-state index contributed by atoms with van der Waals surface area (Å²) in [6, 6.07) is 9.27. The van der Waals surface area contributed by atoms with Crippen LogP contribution < -0.4 is 19.5 Å². The standard InChI is InChI=1S/C26H26ClF2N3O6S/c1-26(2,35)12-23(33)31-15-32(39(3,36)37)21-10-16(4-7-20(21)31)13-30-9-8-22(24(27)25(30)34)38-14-17-5-6-18(28)11-19(17)29/h4-11,35H,12-15H2,1-3H3. The van der Waals surface area contributed by atoms with E-state index in [1.54, 1.807) is 18.2 Å². The molecule has 39 heavy (non-hydrogen) atoms. The second-order valence-corrected chi connectivity index (χ2v) is 12.1. The maximum atomic E-state index is 13.9. The maximum Gasteiger partial charge on any atom is 0.273 e. The zero-order valence-corrected chi connectivity index (χ0v) is 22.9. The molecular formula is C26H26ClF2N3O6S. The summed E-state index contributed by atoms with van der Waals surface area (Å²) in [5.41, 5.74) is -0.616. The Kier molecular flexibility index (Phi) is 7.75. The lowest BCUT2D eigenvalue weighted by atomic mass is 10.0. The fourth-order valence-electron chi connectivity index (χ4n) is 4.10. The van der Waals surface area contributed by atoms with E-state index < -0.39 is 38.7 Å². The third-order valence-electron chi connectivity index (χ3n) is 5.98. The Morgan fingerprint density at radius 1 is 1.13 bits per heavy atom. The highest BCUT2D eigenvalue weighted by molar-refractivity contribution is 7.92. The van der Waals surface area contributed by atoms with Crippen molar-refractivity contribution in [1.82, 2.24) is 4.57 Å². The first-order valence-electron chi connectivity index (χ1n) is 11.7. The Balaban J connectivity index is 1.58. The van der Waals surface area contributed by atoms with Crippen LogP contribution in [0, 0.1) is 11.6 Å². The number of benzene rings is 2. The van der Waals surface area contributed by atoms with Gasteiger partial charge in [0.05, 0.1) is 36.2 Å². The SMILES string of the molecule is CC(C)(O)CC(=O)N1CN(S(C)(=O)=O)c2cc(Cn3ccc(OCc4ccc(F)cc4F)c(Cl)c3=O)ccc21. The van der Waals surface area contributed by atoms with E-state index in [1.165, 1.54) is 41.6 Å². The van der Waals surface area contributed by atoms with Gasteiger partial charge in [-0.05, 0) is 49.7 Å². The van der Waals surface area contributed by atoms with Gasteiger partial charge in [0.15, 0.2) is 0 Å². The lowest BCUT2D eigenvalue weighted by Crippen LogP contribution is -2.40. The second-order valence-electron chi connectivity index (χ2n) is 9.84. The number of fused-ring (bicyclic) bond motifs is 1. The second kappa shape index (κ2) is 10.6. The van der Waals surface area contributed by atoms with Crippen LogP contribution in [0.25, 0.3) is 0 Å². The van der Waals surface area contributed by atoms with Crippen molar-refractivity contribution in [3.8, 4) is 5.75 Å². The number of aliphatic hydroxyl groups is 1. The number of anilines is 2. The average Bonchev–Trinajstić information content (AvgIpc) is 3.21. The molecule has 1 amide bonds. The fourth-order valence-corrected chi connectivity index (χ4v) is 5.15. The first-order valence-corrected chi connectivity index (χ1v) is 14.0. The largest absolute Gasteiger partial charge is 0.487 e. The van der Waals surface area contributed by atoms with Gasteiger partial charge in [-0.25, -0.2) is 21.5 Å². The molecule has 4 rings (SSSR count). The van der Waals surface area contributed by atoms with Crippen molar-refractivity contribution in [3.63, 3.8) is 0 Å². The number of halogens is 3. The Labute approximate surface area is 228 Å². The molecule has 1 aromatic heterocycles. The zero-order valence-electron chi connectivity index (χ0n) is 21.3. The topological polar surface area (TPSA) is 109 Å². The van der Waals surface area contributed by atoms with E-state index in [4.69, 9.17) is 16.3 Å². The first kappa shape index (κ1) is 28.5. The van der Waals surface area contributed by atoms with Gasteiger partial charge in [-0.15, -0.1) is 0 Å².